The Morgan fingerprint density at radius 3 is 2.95 bits per heavy atom. The van der Waals surface area contributed by atoms with Crippen molar-refractivity contribution in [1.29, 1.82) is 0 Å². The van der Waals surface area contributed by atoms with Gasteiger partial charge in [0.25, 0.3) is 0 Å². The first-order valence-electron chi connectivity index (χ1n) is 11.5. The molecule has 0 radical (unpaired) electrons. The van der Waals surface area contributed by atoms with Crippen molar-refractivity contribution in [1.82, 2.24) is 5.32 Å². The highest BCUT2D eigenvalue weighted by Crippen LogP contribution is 2.25. The van der Waals surface area contributed by atoms with Gasteiger partial charge >= 0.3 is 0 Å². The van der Waals surface area contributed by atoms with Gasteiger partial charge in [-0.1, -0.05) is 50.1 Å². The lowest BCUT2D eigenvalue weighted by Crippen LogP contribution is -2.35. The van der Waals surface area contributed by atoms with E-state index in [2.05, 4.69) is 0 Å². The highest BCUT2D eigenvalue weighted by atomic mass is 16.5. The summed E-state index contributed by atoms with van der Waals surface area (Å²) in [5.41, 5.74) is 0. The maximum absolute atomic E-state index is 10.5. The van der Waals surface area contributed by atoms with Gasteiger partial charge in [-0.15, -0.1) is 0 Å². The van der Waals surface area contributed by atoms with Crippen LogP contribution in [0.2, 0.25) is 0 Å². The molecule has 2 N–H and O–H groups in total. The fourth-order valence-corrected chi connectivity index (χ4v) is 1.54. The predicted molar refractivity (Wildman–Crippen MR) is 78.6 cm³/mol. The number of nitrogens with one attached hydrogen (secondary N) is 1. The molecule has 0 bridgehead atoms. The standard InChI is InChI=1S/C16H21NO2/c1-12(2)17-10-14(18)11-19-16-9-5-7-13-6-3-4-8-15(13)16/h3-9,12,14,17-18H,10-11H2,1-2H3/i1D3,2D3,10D2,11D2,12D,14D. The minimum absolute atomic E-state index is 0.145. The van der Waals surface area contributed by atoms with Crippen LogP contribution in [0.15, 0.2) is 42.5 Å². The van der Waals surface area contributed by atoms with Crippen LogP contribution in [0.5, 0.6) is 5.75 Å². The Bertz CT molecular complexity index is 919. The van der Waals surface area contributed by atoms with E-state index in [-0.39, 0.29) is 5.75 Å². The molecule has 2 aromatic carbocycles. The van der Waals surface area contributed by atoms with Crippen molar-refractivity contribution < 1.29 is 26.3 Å². The fraction of sp³-hybridized carbons (Fsp3) is 0.375. The lowest BCUT2D eigenvalue weighted by atomic mass is 10.1. The molecule has 102 valence electrons. The fourth-order valence-electron chi connectivity index (χ4n) is 1.54. The zero-order valence-corrected chi connectivity index (χ0v) is 9.90. The topological polar surface area (TPSA) is 41.5 Å². The van der Waals surface area contributed by atoms with Crippen molar-refractivity contribution >= 4 is 10.8 Å². The summed E-state index contributed by atoms with van der Waals surface area (Å²) in [5, 5.41) is 12.8. The molecule has 0 aliphatic carbocycles. The molecule has 0 heterocycles. The Hall–Kier alpha value is -1.58. The molecule has 0 aliphatic heterocycles. The van der Waals surface area contributed by atoms with Gasteiger partial charge in [0.15, 0.2) is 0 Å². The summed E-state index contributed by atoms with van der Waals surface area (Å²) < 4.78 is 96.8. The molecule has 0 fully saturated rings. The minimum Gasteiger partial charge on any atom is -0.490 e. The van der Waals surface area contributed by atoms with Gasteiger partial charge in [0.05, 0.1) is 4.11 Å². The third-order valence-corrected chi connectivity index (χ3v) is 2.31. The summed E-state index contributed by atoms with van der Waals surface area (Å²) >= 11 is 0. The Balaban J connectivity index is 2.47. The number of hydrogen-bond donors (Lipinski definition) is 2. The van der Waals surface area contributed by atoms with Gasteiger partial charge < -0.3 is 15.2 Å². The highest BCUT2D eigenvalue weighted by molar-refractivity contribution is 5.88. The van der Waals surface area contributed by atoms with Crippen molar-refractivity contribution in [2.45, 2.75) is 25.8 Å². The van der Waals surface area contributed by atoms with Crippen molar-refractivity contribution in [3.63, 3.8) is 0 Å². The van der Waals surface area contributed by atoms with Gasteiger partial charge in [-0.3, -0.25) is 0 Å². The van der Waals surface area contributed by atoms with E-state index in [4.69, 9.17) is 21.2 Å². The molecule has 1 atom stereocenters. The summed E-state index contributed by atoms with van der Waals surface area (Å²) in [6, 6.07) is 7.43. The second-order valence-electron chi connectivity index (χ2n) is 3.66. The van der Waals surface area contributed by atoms with Gasteiger partial charge in [-0.05, 0) is 11.5 Å². The molecule has 2 aromatic rings. The average molecular weight is 271 g/mol. The SMILES string of the molecule is [2H]C([2H])([2H])C([2H])(NC([2H])([2H])C([2H])(O)C([2H])([2H])Oc1cccc2ccccc12)C([2H])([2H])[2H]. The molecule has 0 saturated carbocycles. The Morgan fingerprint density at radius 1 is 1.32 bits per heavy atom. The van der Waals surface area contributed by atoms with Crippen LogP contribution in [0.3, 0.4) is 0 Å². The van der Waals surface area contributed by atoms with E-state index in [1.54, 1.807) is 30.3 Å². The van der Waals surface area contributed by atoms with Crippen molar-refractivity contribution in [3.8, 4) is 5.75 Å². The number of ether oxygens (including phenoxy) is 1. The Labute approximate surface area is 131 Å². The smallest absolute Gasteiger partial charge is 0.127 e. The lowest BCUT2D eigenvalue weighted by Gasteiger charge is -2.15. The number of fused-ring (bicyclic) bond motifs is 1. The van der Waals surface area contributed by atoms with E-state index in [1.165, 1.54) is 17.4 Å². The lowest BCUT2D eigenvalue weighted by molar-refractivity contribution is 0.105. The molecule has 0 aromatic heterocycles. The van der Waals surface area contributed by atoms with Gasteiger partial charge in [0, 0.05) is 30.2 Å². The van der Waals surface area contributed by atoms with Crippen LogP contribution in [0.1, 0.15) is 30.2 Å². The van der Waals surface area contributed by atoms with E-state index >= 15 is 0 Å². The molecule has 0 aliphatic rings. The first-order valence-corrected chi connectivity index (χ1v) is 5.45. The predicted octanol–water partition coefficient (Wildman–Crippen LogP) is 2.58. The first-order chi connectivity index (χ1) is 13.8. The maximum Gasteiger partial charge on any atom is 0.127 e. The van der Waals surface area contributed by atoms with Gasteiger partial charge in [-0.25, -0.2) is 0 Å². The minimum atomic E-state index is -3.89. The van der Waals surface area contributed by atoms with E-state index in [1.807, 2.05) is 0 Å². The number of aliphatic hydroxyl groups is 1. The van der Waals surface area contributed by atoms with Crippen LogP contribution >= 0.6 is 0 Å². The van der Waals surface area contributed by atoms with Gasteiger partial charge in [0.1, 0.15) is 18.4 Å². The molecule has 19 heavy (non-hydrogen) atoms. The Kier molecular flexibility index (Phi) is 1.75. The molecule has 3 heteroatoms. The highest BCUT2D eigenvalue weighted by Gasteiger charge is 2.07. The molecule has 0 saturated heterocycles. The normalized spacial score (nSPS) is 27.2. The van der Waals surface area contributed by atoms with Gasteiger partial charge in [0.2, 0.25) is 0 Å². The molecule has 3 nitrogen and oxygen atoms in total. The van der Waals surface area contributed by atoms with E-state index in [0.717, 1.165) is 0 Å². The van der Waals surface area contributed by atoms with Crippen molar-refractivity contribution in [2.75, 3.05) is 13.1 Å². The molecule has 0 amide bonds. The van der Waals surface area contributed by atoms with Crippen molar-refractivity contribution in [2.24, 2.45) is 0 Å². The zero-order valence-electron chi connectivity index (χ0n) is 21.9. The first kappa shape index (κ1) is 5.08. The van der Waals surface area contributed by atoms with Crippen LogP contribution in [0.4, 0.5) is 0 Å². The second-order valence-corrected chi connectivity index (χ2v) is 3.66. The number of benzene rings is 2. The summed E-state index contributed by atoms with van der Waals surface area (Å²) in [4.78, 5) is 0. The van der Waals surface area contributed by atoms with Crippen LogP contribution in [0, 0.1) is 0 Å². The summed E-state index contributed by atoms with van der Waals surface area (Å²) in [6.45, 7) is -14.5. The molecular weight excluding hydrogens is 238 g/mol. The average Bonchev–Trinajstić information content (AvgIpc) is 2.59. The summed E-state index contributed by atoms with van der Waals surface area (Å²) in [5.74, 6) is -0.145. The largest absolute Gasteiger partial charge is 0.490 e. The second kappa shape index (κ2) is 6.55. The third kappa shape index (κ3) is 3.94. The van der Waals surface area contributed by atoms with Crippen LogP contribution in [-0.2, 0) is 0 Å². The molecular formula is C16H21NO2. The number of rotatable bonds is 6. The van der Waals surface area contributed by atoms with Crippen LogP contribution in [-0.4, -0.2) is 30.3 Å². The number of hydrogen-bond acceptors (Lipinski definition) is 3. The molecule has 2 rings (SSSR count). The molecule has 0 spiro atoms. The summed E-state index contributed by atoms with van der Waals surface area (Å²) in [6.07, 6.45) is -3.89. The van der Waals surface area contributed by atoms with Crippen LogP contribution in [0.25, 0.3) is 10.8 Å². The zero-order chi connectivity index (χ0) is 24.1. The monoisotopic (exact) mass is 271 g/mol. The quantitative estimate of drug-likeness (QED) is 0.848. The van der Waals surface area contributed by atoms with E-state index in [0.29, 0.717) is 10.8 Å². The van der Waals surface area contributed by atoms with Crippen molar-refractivity contribution in [3.05, 3.63) is 42.5 Å². The van der Waals surface area contributed by atoms with E-state index < -0.39 is 38.9 Å². The summed E-state index contributed by atoms with van der Waals surface area (Å²) in [7, 11) is 0. The van der Waals surface area contributed by atoms with E-state index in [9.17, 15) is 5.11 Å². The Morgan fingerprint density at radius 2 is 2.11 bits per heavy atom. The molecule has 1 unspecified atom stereocenters. The van der Waals surface area contributed by atoms with Crippen LogP contribution < -0.4 is 10.1 Å². The maximum atomic E-state index is 10.5. The van der Waals surface area contributed by atoms with Gasteiger partial charge in [-0.2, -0.15) is 0 Å². The third-order valence-electron chi connectivity index (χ3n) is 2.31.